The molecule has 8 heteroatoms. The molecule has 26 heavy (non-hydrogen) atoms. The van der Waals surface area contributed by atoms with Crippen molar-refractivity contribution in [2.45, 2.75) is 11.8 Å². The lowest BCUT2D eigenvalue weighted by atomic mass is 10.3. The highest BCUT2D eigenvalue weighted by Gasteiger charge is 2.16. The molecule has 1 N–H and O–H groups in total. The largest absolute Gasteiger partial charge is 0.297 e. The van der Waals surface area contributed by atoms with Gasteiger partial charge in [-0.15, -0.1) is 0 Å². The van der Waals surface area contributed by atoms with Crippen molar-refractivity contribution in [1.29, 1.82) is 0 Å². The Bertz CT molecular complexity index is 1170. The molecular formula is C18H15N5O2S. The molecule has 4 rings (SSSR count). The van der Waals surface area contributed by atoms with Gasteiger partial charge in [0.05, 0.1) is 15.9 Å². The Hall–Kier alpha value is -3.26. The van der Waals surface area contributed by atoms with E-state index in [9.17, 15) is 8.42 Å². The monoisotopic (exact) mass is 365 g/mol. The average molecular weight is 365 g/mol. The first kappa shape index (κ1) is 16.2. The second-order valence-electron chi connectivity index (χ2n) is 5.65. The van der Waals surface area contributed by atoms with E-state index in [4.69, 9.17) is 0 Å². The van der Waals surface area contributed by atoms with Crippen molar-refractivity contribution in [1.82, 2.24) is 19.5 Å². The van der Waals surface area contributed by atoms with Gasteiger partial charge in [-0.25, -0.2) is 28.1 Å². The van der Waals surface area contributed by atoms with Crippen LogP contribution in [0.3, 0.4) is 0 Å². The van der Waals surface area contributed by atoms with Crippen molar-refractivity contribution in [2.24, 2.45) is 0 Å². The Balaban J connectivity index is 1.69. The maximum Gasteiger partial charge on any atom is 0.264 e. The molecule has 0 radical (unpaired) electrons. The van der Waals surface area contributed by atoms with Crippen LogP contribution in [0.4, 0.5) is 5.95 Å². The van der Waals surface area contributed by atoms with Crippen molar-refractivity contribution in [3.8, 4) is 5.69 Å². The predicted molar refractivity (Wildman–Crippen MR) is 98.6 cm³/mol. The minimum absolute atomic E-state index is 0.0352. The Kier molecular flexibility index (Phi) is 3.89. The molecule has 130 valence electrons. The summed E-state index contributed by atoms with van der Waals surface area (Å²) in [4.78, 5) is 12.4. The standard InChI is InChI=1S/C18H15N5O2S/c1-13-21-16-5-2-3-6-17(16)23(13)14-7-9-15(10-8-14)26(24,25)22-18-19-11-4-12-20-18/h2-12H,1H3,(H,19,20,22). The van der Waals surface area contributed by atoms with Crippen molar-refractivity contribution >= 4 is 27.0 Å². The molecule has 0 saturated heterocycles. The van der Waals surface area contributed by atoms with Gasteiger partial charge in [0.15, 0.2) is 0 Å². The van der Waals surface area contributed by atoms with Crippen LogP contribution in [0.5, 0.6) is 0 Å². The Morgan fingerprint density at radius 1 is 0.923 bits per heavy atom. The summed E-state index contributed by atoms with van der Waals surface area (Å²) in [7, 11) is -3.75. The Labute approximate surface area is 150 Å². The second-order valence-corrected chi connectivity index (χ2v) is 7.34. The van der Waals surface area contributed by atoms with Crippen LogP contribution in [-0.4, -0.2) is 27.9 Å². The number of nitrogens with zero attached hydrogens (tertiary/aromatic N) is 4. The van der Waals surface area contributed by atoms with Gasteiger partial charge in [-0.05, 0) is 49.4 Å². The number of hydrogen-bond acceptors (Lipinski definition) is 5. The van der Waals surface area contributed by atoms with E-state index in [1.54, 1.807) is 30.3 Å². The molecule has 2 heterocycles. The van der Waals surface area contributed by atoms with Gasteiger partial charge in [0.25, 0.3) is 10.0 Å². The number of aromatic nitrogens is 4. The van der Waals surface area contributed by atoms with E-state index in [0.717, 1.165) is 22.5 Å². The van der Waals surface area contributed by atoms with Crippen LogP contribution in [0.2, 0.25) is 0 Å². The molecule has 0 spiro atoms. The third-order valence-electron chi connectivity index (χ3n) is 3.93. The maximum atomic E-state index is 12.5. The van der Waals surface area contributed by atoms with Gasteiger partial charge in [-0.3, -0.25) is 4.57 Å². The van der Waals surface area contributed by atoms with E-state index < -0.39 is 10.0 Å². The third kappa shape index (κ3) is 2.91. The second kappa shape index (κ2) is 6.23. The van der Waals surface area contributed by atoms with Gasteiger partial charge in [-0.1, -0.05) is 12.1 Å². The van der Waals surface area contributed by atoms with Gasteiger partial charge in [0.1, 0.15) is 5.82 Å². The summed E-state index contributed by atoms with van der Waals surface area (Å²) in [6.45, 7) is 1.92. The summed E-state index contributed by atoms with van der Waals surface area (Å²) in [5.41, 5.74) is 2.70. The lowest BCUT2D eigenvalue weighted by Crippen LogP contribution is -2.14. The molecule has 0 aliphatic heterocycles. The minimum Gasteiger partial charge on any atom is -0.297 e. The number of fused-ring (bicyclic) bond motifs is 1. The lowest BCUT2D eigenvalue weighted by molar-refractivity contribution is 0.601. The molecule has 0 unspecified atom stereocenters. The van der Waals surface area contributed by atoms with Crippen LogP contribution >= 0.6 is 0 Å². The summed E-state index contributed by atoms with van der Waals surface area (Å²) in [5, 5.41) is 0. The van der Waals surface area contributed by atoms with Crippen LogP contribution < -0.4 is 4.72 Å². The fraction of sp³-hybridized carbons (Fsp3) is 0.0556. The normalized spacial score (nSPS) is 11.6. The van der Waals surface area contributed by atoms with Crippen molar-refractivity contribution in [3.05, 3.63) is 72.8 Å². The minimum atomic E-state index is -3.75. The third-order valence-corrected chi connectivity index (χ3v) is 5.27. The number of hydrogen-bond donors (Lipinski definition) is 1. The number of rotatable bonds is 4. The van der Waals surface area contributed by atoms with Crippen molar-refractivity contribution in [3.63, 3.8) is 0 Å². The summed E-state index contributed by atoms with van der Waals surface area (Å²) < 4.78 is 29.3. The predicted octanol–water partition coefficient (Wildman–Crippen LogP) is 2.92. The lowest BCUT2D eigenvalue weighted by Gasteiger charge is -2.09. The summed E-state index contributed by atoms with van der Waals surface area (Å²) in [5.74, 6) is 0.866. The SMILES string of the molecule is Cc1nc2ccccc2n1-c1ccc(S(=O)(=O)Nc2ncccn2)cc1. The van der Waals surface area contributed by atoms with E-state index in [1.807, 2.05) is 35.8 Å². The molecule has 0 saturated carbocycles. The van der Waals surface area contributed by atoms with E-state index in [0.29, 0.717) is 0 Å². The van der Waals surface area contributed by atoms with Gasteiger partial charge in [-0.2, -0.15) is 0 Å². The fourth-order valence-corrected chi connectivity index (χ4v) is 3.74. The van der Waals surface area contributed by atoms with Crippen LogP contribution in [0.1, 0.15) is 5.82 Å². The van der Waals surface area contributed by atoms with Crippen molar-refractivity contribution < 1.29 is 8.42 Å². The number of para-hydroxylation sites is 2. The first-order valence-electron chi connectivity index (χ1n) is 7.89. The zero-order valence-corrected chi connectivity index (χ0v) is 14.7. The number of imidazole rings is 1. The number of benzene rings is 2. The highest BCUT2D eigenvalue weighted by molar-refractivity contribution is 7.92. The fourth-order valence-electron chi connectivity index (χ4n) is 2.78. The van der Waals surface area contributed by atoms with Gasteiger partial charge in [0, 0.05) is 18.1 Å². The molecule has 0 fully saturated rings. The number of sulfonamides is 1. The first-order valence-corrected chi connectivity index (χ1v) is 9.37. The van der Waals surface area contributed by atoms with Gasteiger partial charge < -0.3 is 0 Å². The van der Waals surface area contributed by atoms with E-state index in [1.165, 1.54) is 12.4 Å². The highest BCUT2D eigenvalue weighted by Crippen LogP contribution is 2.22. The molecule has 0 bridgehead atoms. The topological polar surface area (TPSA) is 89.8 Å². The number of nitrogens with one attached hydrogen (secondary N) is 1. The molecule has 0 amide bonds. The average Bonchev–Trinajstić information content (AvgIpc) is 2.98. The van der Waals surface area contributed by atoms with Crippen molar-refractivity contribution in [2.75, 3.05) is 4.72 Å². The van der Waals surface area contributed by atoms with Crippen LogP contribution in [0.25, 0.3) is 16.7 Å². The van der Waals surface area contributed by atoms with E-state index in [2.05, 4.69) is 19.7 Å². The Morgan fingerprint density at radius 3 is 2.35 bits per heavy atom. The molecule has 2 aromatic carbocycles. The smallest absolute Gasteiger partial charge is 0.264 e. The number of anilines is 1. The molecule has 0 aliphatic carbocycles. The quantitative estimate of drug-likeness (QED) is 0.600. The zero-order valence-electron chi connectivity index (χ0n) is 13.9. The van der Waals surface area contributed by atoms with Crippen LogP contribution in [0.15, 0.2) is 71.9 Å². The summed E-state index contributed by atoms with van der Waals surface area (Å²) in [6.07, 6.45) is 2.95. The summed E-state index contributed by atoms with van der Waals surface area (Å²) in [6, 6.07) is 16.0. The molecule has 2 aromatic heterocycles. The Morgan fingerprint density at radius 2 is 1.62 bits per heavy atom. The van der Waals surface area contributed by atoms with Gasteiger partial charge in [0.2, 0.25) is 5.95 Å². The first-order chi connectivity index (χ1) is 12.5. The van der Waals surface area contributed by atoms with E-state index in [-0.39, 0.29) is 10.8 Å². The molecule has 4 aromatic rings. The molecular weight excluding hydrogens is 350 g/mol. The maximum absolute atomic E-state index is 12.5. The molecule has 0 atom stereocenters. The highest BCUT2D eigenvalue weighted by atomic mass is 32.2. The van der Waals surface area contributed by atoms with Crippen LogP contribution in [-0.2, 0) is 10.0 Å². The molecule has 7 nitrogen and oxygen atoms in total. The van der Waals surface area contributed by atoms with Crippen LogP contribution in [0, 0.1) is 6.92 Å². The zero-order chi connectivity index (χ0) is 18.1. The van der Waals surface area contributed by atoms with Gasteiger partial charge >= 0.3 is 0 Å². The number of aryl methyl sites for hydroxylation is 1. The van der Waals surface area contributed by atoms with E-state index >= 15 is 0 Å². The molecule has 0 aliphatic rings. The summed E-state index contributed by atoms with van der Waals surface area (Å²) >= 11 is 0.